The normalized spacial score (nSPS) is 10.3. The number of carbonyl (C=O) groups is 1. The average Bonchev–Trinajstić information content (AvgIpc) is 2.61. The van der Waals surface area contributed by atoms with Crippen molar-refractivity contribution in [3.63, 3.8) is 0 Å². The van der Waals surface area contributed by atoms with E-state index in [-0.39, 0.29) is 5.82 Å². The van der Waals surface area contributed by atoms with Crippen LogP contribution in [0.1, 0.15) is 15.2 Å². The summed E-state index contributed by atoms with van der Waals surface area (Å²) in [5.41, 5.74) is 1.91. The lowest BCUT2D eigenvalue weighted by Gasteiger charge is -1.95. The van der Waals surface area contributed by atoms with Gasteiger partial charge in [-0.3, -0.25) is 4.79 Å². The van der Waals surface area contributed by atoms with Crippen LogP contribution in [-0.4, -0.2) is 6.29 Å². The van der Waals surface area contributed by atoms with E-state index in [9.17, 15) is 9.18 Å². The molecule has 0 radical (unpaired) electrons. The highest BCUT2D eigenvalue weighted by Crippen LogP contribution is 2.30. The Bertz CT molecular complexity index is 485. The highest BCUT2D eigenvalue weighted by molar-refractivity contribution is 7.17. The van der Waals surface area contributed by atoms with Crippen LogP contribution < -0.4 is 0 Å². The fourth-order valence-corrected chi connectivity index (χ4v) is 2.36. The van der Waals surface area contributed by atoms with E-state index in [0.29, 0.717) is 0 Å². The van der Waals surface area contributed by atoms with Gasteiger partial charge in [0, 0.05) is 4.88 Å². The molecule has 15 heavy (non-hydrogen) atoms. The summed E-state index contributed by atoms with van der Waals surface area (Å²) in [6.07, 6.45) is 0.854. The summed E-state index contributed by atoms with van der Waals surface area (Å²) >= 11 is 1.43. The minimum atomic E-state index is -0.248. The number of aryl methyl sites for hydroxylation is 1. The van der Waals surface area contributed by atoms with Crippen molar-refractivity contribution in [2.24, 2.45) is 0 Å². The van der Waals surface area contributed by atoms with E-state index in [2.05, 4.69) is 0 Å². The summed E-state index contributed by atoms with van der Waals surface area (Å²) in [6.45, 7) is 1.90. The lowest BCUT2D eigenvalue weighted by Crippen LogP contribution is -1.74. The van der Waals surface area contributed by atoms with Gasteiger partial charge < -0.3 is 0 Å². The molecule has 0 aliphatic heterocycles. The van der Waals surface area contributed by atoms with Gasteiger partial charge in [-0.1, -0.05) is 12.1 Å². The first-order valence-electron chi connectivity index (χ1n) is 4.52. The largest absolute Gasteiger partial charge is 0.297 e. The summed E-state index contributed by atoms with van der Waals surface area (Å²) in [7, 11) is 0. The third-order valence-corrected chi connectivity index (χ3v) is 3.40. The van der Waals surface area contributed by atoms with Crippen molar-refractivity contribution >= 4 is 17.6 Å². The number of halogens is 1. The minimum Gasteiger partial charge on any atom is -0.297 e. The van der Waals surface area contributed by atoms with Gasteiger partial charge in [-0.15, -0.1) is 11.3 Å². The molecule has 0 aliphatic rings. The smallest absolute Gasteiger partial charge is 0.160 e. The van der Waals surface area contributed by atoms with Crippen LogP contribution in [0.15, 0.2) is 30.3 Å². The van der Waals surface area contributed by atoms with E-state index in [1.165, 1.54) is 23.5 Å². The zero-order valence-corrected chi connectivity index (χ0v) is 8.98. The van der Waals surface area contributed by atoms with Crippen LogP contribution >= 0.6 is 11.3 Å². The topological polar surface area (TPSA) is 17.1 Å². The summed E-state index contributed by atoms with van der Waals surface area (Å²) in [6, 6.07) is 8.22. The maximum Gasteiger partial charge on any atom is 0.160 e. The maximum atomic E-state index is 12.7. The molecule has 0 unspecified atom stereocenters. The van der Waals surface area contributed by atoms with Crippen LogP contribution in [0.25, 0.3) is 10.4 Å². The van der Waals surface area contributed by atoms with Gasteiger partial charge >= 0.3 is 0 Å². The van der Waals surface area contributed by atoms with Crippen LogP contribution in [0.4, 0.5) is 4.39 Å². The number of rotatable bonds is 2. The highest BCUT2D eigenvalue weighted by atomic mass is 32.1. The van der Waals surface area contributed by atoms with Crippen molar-refractivity contribution in [1.82, 2.24) is 0 Å². The van der Waals surface area contributed by atoms with Gasteiger partial charge in [-0.25, -0.2) is 4.39 Å². The number of carbonyl (C=O) groups excluding carboxylic acids is 1. The van der Waals surface area contributed by atoms with Gasteiger partial charge in [0.25, 0.3) is 0 Å². The molecule has 2 aromatic rings. The molecule has 0 fully saturated rings. The molecule has 1 heterocycles. The van der Waals surface area contributed by atoms with Crippen molar-refractivity contribution in [2.45, 2.75) is 6.92 Å². The van der Waals surface area contributed by atoms with E-state index in [4.69, 9.17) is 0 Å². The fourth-order valence-electron chi connectivity index (χ4n) is 1.37. The zero-order chi connectivity index (χ0) is 10.8. The Morgan fingerprint density at radius 3 is 2.47 bits per heavy atom. The zero-order valence-electron chi connectivity index (χ0n) is 8.16. The second-order valence-corrected chi connectivity index (χ2v) is 4.37. The van der Waals surface area contributed by atoms with Gasteiger partial charge in [0.05, 0.1) is 4.88 Å². The molecule has 0 amide bonds. The standard InChI is InChI=1S/C12H9FOS/c1-8-6-11(15-12(8)7-14)9-2-4-10(13)5-3-9/h2-7H,1H3. The summed E-state index contributed by atoms with van der Waals surface area (Å²) in [5.74, 6) is -0.248. The number of thiophene rings is 1. The van der Waals surface area contributed by atoms with E-state index in [0.717, 1.165) is 27.2 Å². The first-order chi connectivity index (χ1) is 7.20. The van der Waals surface area contributed by atoms with Crippen molar-refractivity contribution in [3.8, 4) is 10.4 Å². The molecule has 76 valence electrons. The predicted molar refractivity (Wildman–Crippen MR) is 59.8 cm³/mol. The van der Waals surface area contributed by atoms with Crippen LogP contribution in [0.2, 0.25) is 0 Å². The summed E-state index contributed by atoms with van der Waals surface area (Å²) in [5, 5.41) is 0. The van der Waals surface area contributed by atoms with Gasteiger partial charge in [-0.05, 0) is 36.2 Å². The second kappa shape index (κ2) is 3.95. The quantitative estimate of drug-likeness (QED) is 0.706. The Morgan fingerprint density at radius 1 is 1.27 bits per heavy atom. The van der Waals surface area contributed by atoms with Crippen molar-refractivity contribution in [1.29, 1.82) is 0 Å². The third kappa shape index (κ3) is 1.97. The molecule has 2 rings (SSSR count). The third-order valence-electron chi connectivity index (χ3n) is 2.19. The van der Waals surface area contributed by atoms with Crippen LogP contribution in [0.3, 0.4) is 0 Å². The Labute approximate surface area is 91.2 Å². The van der Waals surface area contributed by atoms with Crippen molar-refractivity contribution in [2.75, 3.05) is 0 Å². The van der Waals surface area contributed by atoms with Gasteiger partial charge in [0.1, 0.15) is 5.82 Å². The van der Waals surface area contributed by atoms with Crippen molar-refractivity contribution in [3.05, 3.63) is 46.6 Å². The number of hydrogen-bond donors (Lipinski definition) is 0. The lowest BCUT2D eigenvalue weighted by atomic mass is 10.1. The van der Waals surface area contributed by atoms with Gasteiger partial charge in [0.15, 0.2) is 6.29 Å². The first-order valence-corrected chi connectivity index (χ1v) is 5.34. The molecule has 0 spiro atoms. The first kappa shape index (κ1) is 10.1. The van der Waals surface area contributed by atoms with E-state index < -0.39 is 0 Å². The minimum absolute atomic E-state index is 0.248. The highest BCUT2D eigenvalue weighted by Gasteiger charge is 2.06. The molecule has 1 aromatic heterocycles. The monoisotopic (exact) mass is 220 g/mol. The Hall–Kier alpha value is -1.48. The van der Waals surface area contributed by atoms with Gasteiger partial charge in [0.2, 0.25) is 0 Å². The SMILES string of the molecule is Cc1cc(-c2ccc(F)cc2)sc1C=O. The lowest BCUT2D eigenvalue weighted by molar-refractivity contribution is 0.112. The Morgan fingerprint density at radius 2 is 1.93 bits per heavy atom. The fraction of sp³-hybridized carbons (Fsp3) is 0.0833. The second-order valence-electron chi connectivity index (χ2n) is 3.28. The molecule has 0 atom stereocenters. The van der Waals surface area contributed by atoms with Gasteiger partial charge in [-0.2, -0.15) is 0 Å². The maximum absolute atomic E-state index is 12.7. The predicted octanol–water partition coefficient (Wildman–Crippen LogP) is 3.68. The van der Waals surface area contributed by atoms with E-state index in [1.807, 2.05) is 13.0 Å². The Balaban J connectivity index is 2.45. The number of benzene rings is 1. The molecular formula is C12H9FOS. The Kier molecular flexibility index (Phi) is 2.64. The molecule has 0 saturated heterocycles. The molecule has 0 saturated carbocycles. The number of aldehydes is 1. The number of hydrogen-bond acceptors (Lipinski definition) is 2. The van der Waals surface area contributed by atoms with E-state index in [1.54, 1.807) is 12.1 Å². The molecular weight excluding hydrogens is 211 g/mol. The molecule has 3 heteroatoms. The molecule has 0 aliphatic carbocycles. The van der Waals surface area contributed by atoms with E-state index >= 15 is 0 Å². The average molecular weight is 220 g/mol. The van der Waals surface area contributed by atoms with Crippen LogP contribution in [0.5, 0.6) is 0 Å². The molecule has 0 bridgehead atoms. The van der Waals surface area contributed by atoms with Crippen LogP contribution in [-0.2, 0) is 0 Å². The molecule has 0 N–H and O–H groups in total. The molecule has 1 aromatic carbocycles. The molecule has 1 nitrogen and oxygen atoms in total. The van der Waals surface area contributed by atoms with Crippen LogP contribution in [0, 0.1) is 12.7 Å². The summed E-state index contributed by atoms with van der Waals surface area (Å²) in [4.78, 5) is 12.4. The van der Waals surface area contributed by atoms with Crippen molar-refractivity contribution < 1.29 is 9.18 Å². The summed E-state index contributed by atoms with van der Waals surface area (Å²) < 4.78 is 12.7.